The highest BCUT2D eigenvalue weighted by atomic mass is 16.1. The van der Waals surface area contributed by atoms with Gasteiger partial charge < -0.3 is 17.2 Å². The molecule has 0 fully saturated rings. The van der Waals surface area contributed by atoms with Crippen LogP contribution in [0.25, 0.3) is 0 Å². The molecule has 6 heteroatoms. The quantitative estimate of drug-likeness (QED) is 0.439. The lowest BCUT2D eigenvalue weighted by Crippen LogP contribution is -2.19. The summed E-state index contributed by atoms with van der Waals surface area (Å²) < 4.78 is 0. The highest BCUT2D eigenvalue weighted by Crippen LogP contribution is 1.85. The van der Waals surface area contributed by atoms with Gasteiger partial charge in [0.15, 0.2) is 0 Å². The van der Waals surface area contributed by atoms with E-state index < -0.39 is 11.8 Å². The summed E-state index contributed by atoms with van der Waals surface area (Å²) in [6, 6.07) is 2.83. The zero-order valence-electron chi connectivity index (χ0n) is 6.53. The maximum absolute atomic E-state index is 9.94. The highest BCUT2D eigenvalue weighted by Gasteiger charge is 2.10. The highest BCUT2D eigenvalue weighted by molar-refractivity contribution is 5.81. The second-order valence-corrected chi connectivity index (χ2v) is 1.67. The molecular formula is C6H11N5O. The van der Waals surface area contributed by atoms with Crippen LogP contribution >= 0.6 is 0 Å². The van der Waals surface area contributed by atoms with Crippen molar-refractivity contribution in [2.24, 2.45) is 23.1 Å². The molecule has 0 spiro atoms. The van der Waals surface area contributed by atoms with E-state index in [1.807, 2.05) is 0 Å². The average molecular weight is 169 g/mol. The van der Waals surface area contributed by atoms with Gasteiger partial charge in [-0.2, -0.15) is 10.5 Å². The number of rotatable bonds is 2. The lowest BCUT2D eigenvalue weighted by molar-refractivity contribution is -0.118. The first-order valence-electron chi connectivity index (χ1n) is 3.12. The average Bonchev–Trinajstić information content (AvgIpc) is 2.07. The molecule has 1 amide bonds. The Kier molecular flexibility index (Phi) is 10.1. The number of carbonyl (C=O) groups is 1. The summed E-state index contributed by atoms with van der Waals surface area (Å²) in [5.41, 5.74) is 14.4. The first-order chi connectivity index (χ1) is 5.63. The molecule has 6 nitrogen and oxygen atoms in total. The van der Waals surface area contributed by atoms with Crippen LogP contribution < -0.4 is 17.2 Å². The summed E-state index contributed by atoms with van der Waals surface area (Å²) >= 11 is 0. The van der Waals surface area contributed by atoms with Crippen LogP contribution in [0.1, 0.15) is 0 Å². The molecule has 0 aromatic carbocycles. The number of nitrogens with zero attached hydrogens (tertiary/aromatic N) is 2. The van der Waals surface area contributed by atoms with Gasteiger partial charge in [-0.1, -0.05) is 0 Å². The Balaban J connectivity index is 0. The third-order valence-electron chi connectivity index (χ3n) is 0.709. The Hall–Kier alpha value is -1.63. The van der Waals surface area contributed by atoms with Gasteiger partial charge in [-0.05, 0) is 0 Å². The fourth-order valence-electron chi connectivity index (χ4n) is 0.156. The summed E-state index contributed by atoms with van der Waals surface area (Å²) in [7, 11) is 0. The van der Waals surface area contributed by atoms with Crippen molar-refractivity contribution in [2.45, 2.75) is 0 Å². The van der Waals surface area contributed by atoms with Gasteiger partial charge in [-0.15, -0.1) is 0 Å². The van der Waals surface area contributed by atoms with Crippen molar-refractivity contribution < 1.29 is 4.79 Å². The third kappa shape index (κ3) is 8.37. The summed E-state index contributed by atoms with van der Waals surface area (Å²) in [6.45, 7) is 1.19. The van der Waals surface area contributed by atoms with Crippen LogP contribution in [0.2, 0.25) is 0 Å². The zero-order valence-corrected chi connectivity index (χ0v) is 6.53. The number of hydrogen-bond donors (Lipinski definition) is 3. The molecule has 0 aromatic rings. The van der Waals surface area contributed by atoms with Crippen molar-refractivity contribution in [1.82, 2.24) is 0 Å². The first-order valence-corrected chi connectivity index (χ1v) is 3.12. The van der Waals surface area contributed by atoms with Crippen molar-refractivity contribution in [2.75, 3.05) is 13.1 Å². The van der Waals surface area contributed by atoms with Gasteiger partial charge in [0.05, 0.1) is 12.1 Å². The Labute approximate surface area is 70.5 Å². The molecule has 66 valence electrons. The molecule has 6 N–H and O–H groups in total. The van der Waals surface area contributed by atoms with Crippen LogP contribution in [-0.4, -0.2) is 19.0 Å². The number of amides is 1. The monoisotopic (exact) mass is 169 g/mol. The van der Waals surface area contributed by atoms with Crippen LogP contribution in [0.3, 0.4) is 0 Å². The van der Waals surface area contributed by atoms with Crippen molar-refractivity contribution in [1.29, 1.82) is 10.5 Å². The van der Waals surface area contributed by atoms with Gasteiger partial charge in [0.1, 0.15) is 0 Å². The van der Waals surface area contributed by atoms with Gasteiger partial charge in [-0.25, -0.2) is 0 Å². The summed E-state index contributed by atoms with van der Waals surface area (Å²) in [6.07, 6.45) is 0. The minimum atomic E-state index is -1.30. The van der Waals surface area contributed by atoms with Crippen molar-refractivity contribution in [3.05, 3.63) is 0 Å². The topological polar surface area (TPSA) is 143 Å². The number of hydrogen-bond acceptors (Lipinski definition) is 5. The smallest absolute Gasteiger partial charge is 0.249 e. The molecular weight excluding hydrogens is 158 g/mol. The van der Waals surface area contributed by atoms with Crippen molar-refractivity contribution >= 4 is 5.91 Å². The van der Waals surface area contributed by atoms with E-state index in [4.69, 9.17) is 22.0 Å². The molecule has 0 atom stereocenters. The van der Waals surface area contributed by atoms with Gasteiger partial charge in [0.2, 0.25) is 11.8 Å². The Morgan fingerprint density at radius 2 is 1.58 bits per heavy atom. The van der Waals surface area contributed by atoms with Gasteiger partial charge in [0, 0.05) is 13.1 Å². The molecule has 0 saturated heterocycles. The summed E-state index contributed by atoms with van der Waals surface area (Å²) in [5.74, 6) is -2.19. The van der Waals surface area contributed by atoms with E-state index in [9.17, 15) is 4.79 Å². The van der Waals surface area contributed by atoms with E-state index in [0.29, 0.717) is 13.1 Å². The van der Waals surface area contributed by atoms with E-state index in [0.717, 1.165) is 0 Å². The molecule has 0 radical (unpaired) electrons. The molecule has 0 heterocycles. The van der Waals surface area contributed by atoms with Crippen LogP contribution in [0.15, 0.2) is 0 Å². The van der Waals surface area contributed by atoms with E-state index in [-0.39, 0.29) is 0 Å². The molecule has 0 aromatic heterocycles. The molecule has 0 aliphatic carbocycles. The van der Waals surface area contributed by atoms with Crippen LogP contribution in [0, 0.1) is 28.6 Å². The molecule has 0 aliphatic heterocycles. The molecule has 0 unspecified atom stereocenters. The predicted octanol–water partition coefficient (Wildman–Crippen LogP) is -1.96. The molecule has 0 bridgehead atoms. The molecule has 12 heavy (non-hydrogen) atoms. The van der Waals surface area contributed by atoms with Gasteiger partial charge in [-0.3, -0.25) is 4.79 Å². The Morgan fingerprint density at radius 3 is 1.58 bits per heavy atom. The lowest BCUT2D eigenvalue weighted by Gasteiger charge is -1.85. The molecule has 0 rings (SSSR count). The Bertz CT molecular complexity index is 185. The fraction of sp³-hybridized carbons (Fsp3) is 0.500. The van der Waals surface area contributed by atoms with E-state index in [2.05, 4.69) is 5.73 Å². The maximum atomic E-state index is 9.94. The van der Waals surface area contributed by atoms with Gasteiger partial charge >= 0.3 is 0 Å². The second-order valence-electron chi connectivity index (χ2n) is 1.67. The van der Waals surface area contributed by atoms with E-state index in [1.54, 1.807) is 0 Å². The fourth-order valence-corrected chi connectivity index (χ4v) is 0.156. The normalized spacial score (nSPS) is 7.42. The Morgan fingerprint density at radius 1 is 1.25 bits per heavy atom. The SMILES string of the molecule is N#CC(C#N)C(N)=O.NCCN. The summed E-state index contributed by atoms with van der Waals surface area (Å²) in [4.78, 5) is 9.94. The van der Waals surface area contributed by atoms with Crippen LogP contribution in [-0.2, 0) is 4.79 Å². The third-order valence-corrected chi connectivity index (χ3v) is 0.709. The molecule has 0 saturated carbocycles. The second kappa shape index (κ2) is 9.37. The first kappa shape index (κ1) is 13.0. The number of carbonyl (C=O) groups excluding carboxylic acids is 1. The summed E-state index contributed by atoms with van der Waals surface area (Å²) in [5, 5.41) is 15.8. The van der Waals surface area contributed by atoms with E-state index in [1.165, 1.54) is 12.1 Å². The molecule has 0 aliphatic rings. The number of nitrogens with two attached hydrogens (primary N) is 3. The van der Waals surface area contributed by atoms with Crippen LogP contribution in [0.4, 0.5) is 0 Å². The van der Waals surface area contributed by atoms with Crippen LogP contribution in [0.5, 0.6) is 0 Å². The van der Waals surface area contributed by atoms with Crippen molar-refractivity contribution in [3.63, 3.8) is 0 Å². The van der Waals surface area contributed by atoms with E-state index >= 15 is 0 Å². The number of primary amides is 1. The standard InChI is InChI=1S/C4H3N3O.C2H8N2/c5-1-3(2-6)4(7)8;3-1-2-4/h3H,(H2,7,8);1-4H2. The number of nitriles is 2. The predicted molar refractivity (Wildman–Crippen MR) is 42.0 cm³/mol. The largest absolute Gasteiger partial charge is 0.368 e. The van der Waals surface area contributed by atoms with Crippen molar-refractivity contribution in [3.8, 4) is 12.1 Å². The van der Waals surface area contributed by atoms with Gasteiger partial charge in [0.25, 0.3) is 0 Å². The lowest BCUT2D eigenvalue weighted by atomic mass is 10.2. The minimum absolute atomic E-state index is 0.597. The zero-order chi connectivity index (χ0) is 9.98. The maximum Gasteiger partial charge on any atom is 0.249 e. The minimum Gasteiger partial charge on any atom is -0.368 e.